The van der Waals surface area contributed by atoms with Crippen molar-refractivity contribution in [3.63, 3.8) is 0 Å². The Morgan fingerprint density at radius 2 is 1.87 bits per heavy atom. The van der Waals surface area contributed by atoms with Crippen molar-refractivity contribution in [1.29, 1.82) is 0 Å². The molecule has 2 amide bonds. The van der Waals surface area contributed by atoms with E-state index in [0.717, 1.165) is 5.01 Å². The first-order valence-corrected chi connectivity index (χ1v) is 6.85. The van der Waals surface area contributed by atoms with Gasteiger partial charge in [0.25, 0.3) is 11.8 Å². The van der Waals surface area contributed by atoms with Gasteiger partial charge in [0.15, 0.2) is 0 Å². The molecule has 0 aliphatic carbocycles. The molecule has 1 saturated heterocycles. The number of hydrazine groups is 1. The van der Waals surface area contributed by atoms with E-state index in [1.54, 1.807) is 24.3 Å². The van der Waals surface area contributed by atoms with Gasteiger partial charge in [-0.05, 0) is 48.0 Å². The molecule has 23 heavy (non-hydrogen) atoms. The molecule has 2 aromatic carbocycles. The molecule has 0 saturated carbocycles. The van der Waals surface area contributed by atoms with E-state index in [1.165, 1.54) is 37.5 Å². The summed E-state index contributed by atoms with van der Waals surface area (Å²) in [5.41, 5.74) is 3.52. The third-order valence-corrected chi connectivity index (χ3v) is 3.38. The first-order chi connectivity index (χ1) is 11.1. The van der Waals surface area contributed by atoms with E-state index in [-0.39, 0.29) is 5.57 Å². The quantitative estimate of drug-likeness (QED) is 0.699. The zero-order chi connectivity index (χ0) is 16.4. The minimum Gasteiger partial charge on any atom is -0.497 e. The van der Waals surface area contributed by atoms with E-state index in [9.17, 15) is 14.0 Å². The van der Waals surface area contributed by atoms with Crippen LogP contribution in [0.1, 0.15) is 5.56 Å². The summed E-state index contributed by atoms with van der Waals surface area (Å²) < 4.78 is 18.1. The monoisotopic (exact) mass is 312 g/mol. The van der Waals surface area contributed by atoms with Crippen molar-refractivity contribution < 1.29 is 18.7 Å². The smallest absolute Gasteiger partial charge is 0.282 e. The van der Waals surface area contributed by atoms with Crippen LogP contribution in [-0.4, -0.2) is 18.9 Å². The molecular formula is C17H13FN2O3. The molecule has 1 aliphatic rings. The number of hydrogen-bond donors (Lipinski definition) is 1. The number of rotatable bonds is 3. The van der Waals surface area contributed by atoms with Crippen LogP contribution in [-0.2, 0) is 9.59 Å². The predicted octanol–water partition coefficient (Wildman–Crippen LogP) is 2.30. The summed E-state index contributed by atoms with van der Waals surface area (Å²) in [6.45, 7) is 0. The van der Waals surface area contributed by atoms with E-state index < -0.39 is 17.6 Å². The highest BCUT2D eigenvalue weighted by Crippen LogP contribution is 2.22. The van der Waals surface area contributed by atoms with Crippen molar-refractivity contribution in [3.05, 3.63) is 65.5 Å². The second-order valence-electron chi connectivity index (χ2n) is 4.89. The van der Waals surface area contributed by atoms with Crippen LogP contribution in [0.3, 0.4) is 0 Å². The molecule has 0 spiro atoms. The van der Waals surface area contributed by atoms with Gasteiger partial charge in [-0.2, -0.15) is 0 Å². The Balaban J connectivity index is 1.91. The molecule has 3 rings (SSSR count). The fourth-order valence-electron chi connectivity index (χ4n) is 2.23. The van der Waals surface area contributed by atoms with Gasteiger partial charge in [-0.1, -0.05) is 12.1 Å². The second-order valence-corrected chi connectivity index (χ2v) is 4.89. The van der Waals surface area contributed by atoms with Crippen molar-refractivity contribution >= 4 is 23.6 Å². The number of methoxy groups -OCH3 is 1. The average molecular weight is 312 g/mol. The van der Waals surface area contributed by atoms with Gasteiger partial charge < -0.3 is 4.74 Å². The highest BCUT2D eigenvalue weighted by atomic mass is 19.1. The summed E-state index contributed by atoms with van der Waals surface area (Å²) in [6, 6.07) is 12.3. The number of amides is 2. The van der Waals surface area contributed by atoms with Gasteiger partial charge in [0.2, 0.25) is 0 Å². The minimum absolute atomic E-state index is 0.00239. The molecule has 0 atom stereocenters. The summed E-state index contributed by atoms with van der Waals surface area (Å²) in [4.78, 5) is 24.5. The lowest BCUT2D eigenvalue weighted by Gasteiger charge is -2.14. The fraction of sp³-hybridized carbons (Fsp3) is 0.0588. The van der Waals surface area contributed by atoms with Crippen LogP contribution in [0.5, 0.6) is 5.75 Å². The van der Waals surface area contributed by atoms with Crippen molar-refractivity contribution in [1.82, 2.24) is 5.43 Å². The molecule has 1 aliphatic heterocycles. The third-order valence-electron chi connectivity index (χ3n) is 3.38. The molecule has 0 bridgehead atoms. The number of hydrogen-bond acceptors (Lipinski definition) is 3. The molecule has 0 aromatic heterocycles. The number of ether oxygens (including phenoxy) is 1. The molecule has 0 radical (unpaired) electrons. The predicted molar refractivity (Wildman–Crippen MR) is 83.0 cm³/mol. The highest BCUT2D eigenvalue weighted by molar-refractivity contribution is 6.31. The minimum atomic E-state index is -0.512. The molecule has 116 valence electrons. The molecule has 2 aromatic rings. The zero-order valence-electron chi connectivity index (χ0n) is 12.2. The standard InChI is InChI=1S/C17H13FN2O3/c1-23-14-4-2-3-11(9-14)10-15-16(21)19-20(17(15)22)13-7-5-12(18)6-8-13/h2-10H,1H3,(H,19,21)/b15-10-. The number of carbonyl (C=O) groups is 2. The number of nitrogens with zero attached hydrogens (tertiary/aromatic N) is 1. The largest absolute Gasteiger partial charge is 0.497 e. The van der Waals surface area contributed by atoms with Gasteiger partial charge >= 0.3 is 0 Å². The van der Waals surface area contributed by atoms with Gasteiger partial charge in [-0.15, -0.1) is 0 Å². The second kappa shape index (κ2) is 5.92. The number of anilines is 1. The Kier molecular flexibility index (Phi) is 3.80. The maximum atomic E-state index is 13.0. The summed E-state index contributed by atoms with van der Waals surface area (Å²) >= 11 is 0. The Morgan fingerprint density at radius 1 is 1.13 bits per heavy atom. The average Bonchev–Trinajstić information content (AvgIpc) is 2.84. The van der Waals surface area contributed by atoms with Crippen LogP contribution in [0.4, 0.5) is 10.1 Å². The van der Waals surface area contributed by atoms with E-state index in [1.807, 2.05) is 0 Å². The number of halogens is 1. The Labute approximate surface area is 131 Å². The number of carbonyl (C=O) groups excluding carboxylic acids is 2. The van der Waals surface area contributed by atoms with Gasteiger partial charge in [-0.3, -0.25) is 15.0 Å². The lowest BCUT2D eigenvalue weighted by atomic mass is 10.1. The summed E-state index contributed by atoms with van der Waals surface area (Å²) in [5.74, 6) is -0.800. The van der Waals surface area contributed by atoms with Crippen molar-refractivity contribution in [2.24, 2.45) is 0 Å². The Bertz CT molecular complexity index is 800. The fourth-order valence-corrected chi connectivity index (χ4v) is 2.23. The van der Waals surface area contributed by atoms with Gasteiger partial charge in [0, 0.05) is 0 Å². The van der Waals surface area contributed by atoms with Crippen molar-refractivity contribution in [3.8, 4) is 5.75 Å². The maximum Gasteiger partial charge on any atom is 0.282 e. The molecule has 1 heterocycles. The molecule has 1 fully saturated rings. The molecular weight excluding hydrogens is 299 g/mol. The topological polar surface area (TPSA) is 58.6 Å². The molecule has 6 heteroatoms. The Hall–Kier alpha value is -3.15. The van der Waals surface area contributed by atoms with E-state index in [4.69, 9.17) is 4.74 Å². The van der Waals surface area contributed by atoms with Gasteiger partial charge in [0.1, 0.15) is 17.1 Å². The number of benzene rings is 2. The summed E-state index contributed by atoms with van der Waals surface area (Å²) in [5, 5.41) is 1.09. The van der Waals surface area contributed by atoms with Crippen LogP contribution < -0.4 is 15.2 Å². The van der Waals surface area contributed by atoms with Crippen molar-refractivity contribution in [2.45, 2.75) is 0 Å². The first-order valence-electron chi connectivity index (χ1n) is 6.85. The van der Waals surface area contributed by atoms with E-state index in [0.29, 0.717) is 17.0 Å². The van der Waals surface area contributed by atoms with Crippen LogP contribution in [0, 0.1) is 5.82 Å². The van der Waals surface area contributed by atoms with Crippen LogP contribution >= 0.6 is 0 Å². The van der Waals surface area contributed by atoms with Crippen LogP contribution in [0.15, 0.2) is 54.1 Å². The first kappa shape index (κ1) is 14.8. The normalized spacial score (nSPS) is 15.9. The van der Waals surface area contributed by atoms with E-state index in [2.05, 4.69) is 5.43 Å². The van der Waals surface area contributed by atoms with Gasteiger partial charge in [0.05, 0.1) is 12.8 Å². The van der Waals surface area contributed by atoms with Crippen LogP contribution in [0.2, 0.25) is 0 Å². The lowest BCUT2D eigenvalue weighted by molar-refractivity contribution is -0.117. The summed E-state index contributed by atoms with van der Waals surface area (Å²) in [6.07, 6.45) is 1.49. The van der Waals surface area contributed by atoms with Crippen molar-refractivity contribution in [2.75, 3.05) is 12.1 Å². The molecule has 0 unspecified atom stereocenters. The molecule has 5 nitrogen and oxygen atoms in total. The van der Waals surface area contributed by atoms with E-state index >= 15 is 0 Å². The van der Waals surface area contributed by atoms with Gasteiger partial charge in [-0.25, -0.2) is 9.40 Å². The SMILES string of the molecule is COc1cccc(/C=C2/C(=O)NN(c3ccc(F)cc3)C2=O)c1. The molecule has 1 N–H and O–H groups in total. The number of nitrogens with one attached hydrogen (secondary N) is 1. The third kappa shape index (κ3) is 2.91. The highest BCUT2D eigenvalue weighted by Gasteiger charge is 2.34. The summed E-state index contributed by atoms with van der Waals surface area (Å²) in [7, 11) is 1.54. The zero-order valence-corrected chi connectivity index (χ0v) is 12.2. The Morgan fingerprint density at radius 3 is 2.57 bits per heavy atom. The van der Waals surface area contributed by atoms with Crippen LogP contribution in [0.25, 0.3) is 6.08 Å². The maximum absolute atomic E-state index is 13.0. The lowest BCUT2D eigenvalue weighted by Crippen LogP contribution is -2.35.